The summed E-state index contributed by atoms with van der Waals surface area (Å²) < 4.78 is 17.0. The van der Waals surface area contributed by atoms with Gasteiger partial charge in [0.05, 0.1) is 30.3 Å². The summed E-state index contributed by atoms with van der Waals surface area (Å²) in [4.78, 5) is 24.9. The van der Waals surface area contributed by atoms with E-state index in [1.54, 1.807) is 6.07 Å². The van der Waals surface area contributed by atoms with Crippen LogP contribution >= 0.6 is 11.6 Å². The molecule has 8 nitrogen and oxygen atoms in total. The maximum Gasteiger partial charge on any atom is 0.190 e. The molecule has 32 heavy (non-hydrogen) atoms. The van der Waals surface area contributed by atoms with Crippen molar-refractivity contribution in [3.05, 3.63) is 51.5 Å². The van der Waals surface area contributed by atoms with Crippen LogP contribution in [0.5, 0.6) is 17.2 Å². The first kappa shape index (κ1) is 21.2. The highest BCUT2D eigenvalue weighted by molar-refractivity contribution is 6.32. The number of ether oxygens (including phenoxy) is 3. The molecule has 0 bridgehead atoms. The van der Waals surface area contributed by atoms with E-state index in [2.05, 4.69) is 5.32 Å². The van der Waals surface area contributed by atoms with Crippen LogP contribution in [0.3, 0.4) is 0 Å². The number of nitrogens with one attached hydrogen (secondary N) is 1. The quantitative estimate of drug-likeness (QED) is 0.583. The average molecular weight is 460 g/mol. The van der Waals surface area contributed by atoms with Gasteiger partial charge in [-0.3, -0.25) is 14.9 Å². The molecule has 0 saturated carbocycles. The first-order valence-electron chi connectivity index (χ1n) is 10.5. The van der Waals surface area contributed by atoms with Gasteiger partial charge in [0, 0.05) is 17.5 Å². The van der Waals surface area contributed by atoms with E-state index < -0.39 is 36.4 Å². The number of Topliss-reactive ketones (excluding diaryl/α,β-unsaturated/α-hetero) is 2. The van der Waals surface area contributed by atoms with Crippen LogP contribution < -0.4 is 19.5 Å². The summed E-state index contributed by atoms with van der Waals surface area (Å²) in [5.41, 5.74) is 3.03. The number of carbonyl (C=O) groups excluding carboxylic acids is 2. The van der Waals surface area contributed by atoms with Crippen molar-refractivity contribution in [3.8, 4) is 17.2 Å². The Balaban J connectivity index is 1.54. The smallest absolute Gasteiger partial charge is 0.190 e. The lowest BCUT2D eigenvalue weighted by molar-refractivity contribution is -0.146. The highest BCUT2D eigenvalue weighted by atomic mass is 35.5. The summed E-state index contributed by atoms with van der Waals surface area (Å²) in [6.45, 7) is 0.889. The second kappa shape index (κ2) is 8.37. The second-order valence-corrected chi connectivity index (χ2v) is 8.42. The van der Waals surface area contributed by atoms with Crippen LogP contribution in [0.2, 0.25) is 5.02 Å². The molecule has 2 aromatic rings. The molecule has 3 atom stereocenters. The van der Waals surface area contributed by atoms with Gasteiger partial charge in [-0.05, 0) is 35.7 Å². The molecule has 1 fully saturated rings. The van der Waals surface area contributed by atoms with Gasteiger partial charge in [0.1, 0.15) is 19.0 Å². The molecule has 168 valence electrons. The Morgan fingerprint density at radius 1 is 1.03 bits per heavy atom. The first-order valence-corrected chi connectivity index (χ1v) is 10.8. The number of halogens is 1. The predicted octanol–water partition coefficient (Wildman–Crippen LogP) is 1.14. The number of hydrogen-bond donors (Lipinski definition) is 3. The minimum atomic E-state index is -1.80. The fraction of sp³-hybridized carbons (Fsp3) is 0.391. The van der Waals surface area contributed by atoms with Gasteiger partial charge in [0.25, 0.3) is 0 Å². The Bertz CT molecular complexity index is 1100. The number of piperidine rings is 1. The number of aliphatic hydroxyl groups is 2. The summed E-state index contributed by atoms with van der Waals surface area (Å²) in [6.07, 6.45) is -0.740. The van der Waals surface area contributed by atoms with Crippen molar-refractivity contribution in [2.24, 2.45) is 0 Å². The highest BCUT2D eigenvalue weighted by Gasteiger charge is 2.44. The van der Waals surface area contributed by atoms with Crippen LogP contribution in [-0.4, -0.2) is 60.4 Å². The normalized spacial score (nSPS) is 24.3. The Morgan fingerprint density at radius 3 is 2.59 bits per heavy atom. The summed E-state index contributed by atoms with van der Waals surface area (Å²) in [7, 11) is 0. The molecule has 2 aromatic carbocycles. The van der Waals surface area contributed by atoms with E-state index in [9.17, 15) is 19.8 Å². The number of aliphatic hydroxyl groups excluding tert-OH is 2. The molecule has 0 amide bonds. The zero-order chi connectivity index (χ0) is 22.4. The Kier molecular flexibility index (Phi) is 5.54. The molecule has 3 aliphatic rings. The Morgan fingerprint density at radius 2 is 1.81 bits per heavy atom. The predicted molar refractivity (Wildman–Crippen MR) is 114 cm³/mol. The number of fused-ring (bicyclic) bond motifs is 2. The zero-order valence-electron chi connectivity index (χ0n) is 17.1. The largest absolute Gasteiger partial charge is 0.493 e. The van der Waals surface area contributed by atoms with E-state index >= 15 is 0 Å². The van der Waals surface area contributed by atoms with Crippen molar-refractivity contribution in [1.29, 1.82) is 0 Å². The van der Waals surface area contributed by atoms with Gasteiger partial charge in [-0.15, -0.1) is 0 Å². The highest BCUT2D eigenvalue weighted by Crippen LogP contribution is 2.42. The van der Waals surface area contributed by atoms with Crippen molar-refractivity contribution < 1.29 is 34.0 Å². The number of rotatable bonds is 4. The lowest BCUT2D eigenvalue weighted by atomic mass is 9.86. The van der Waals surface area contributed by atoms with E-state index in [-0.39, 0.29) is 0 Å². The molecule has 3 aliphatic heterocycles. The summed E-state index contributed by atoms with van der Waals surface area (Å²) in [5.74, 6) is 0.442. The van der Waals surface area contributed by atoms with E-state index in [1.165, 1.54) is 0 Å². The molecule has 3 heterocycles. The standard InChI is InChI=1S/C23H22ClNO7/c24-18-12(7-11-1-2-16-17(8-11)31-6-5-30-16)9-14(23-13(18)3-4-32-23)19-21(28)22(29)20(27)15(10-26)25-19/h1-2,8-9,15,19,22,25-26,29H,3-7,10H2/t15-,19+,22+/m1/s1. The van der Waals surface area contributed by atoms with Crippen molar-refractivity contribution >= 4 is 23.2 Å². The van der Waals surface area contributed by atoms with Crippen LogP contribution in [0, 0.1) is 0 Å². The van der Waals surface area contributed by atoms with E-state index in [0.717, 1.165) is 16.7 Å². The van der Waals surface area contributed by atoms with Gasteiger partial charge < -0.3 is 24.4 Å². The van der Waals surface area contributed by atoms with E-state index in [0.29, 0.717) is 60.5 Å². The lowest BCUT2D eigenvalue weighted by Crippen LogP contribution is -2.57. The molecule has 0 spiro atoms. The Labute approximate surface area is 189 Å². The molecular formula is C23H22ClNO7. The fourth-order valence-electron chi connectivity index (χ4n) is 4.43. The SMILES string of the molecule is O=C1[C@@H](O)C(=O)[C@@H](CO)N[C@H]1c1cc(Cc2ccc3c(c2)OCCO3)c(Cl)c2c1OCC2. The fourth-order valence-corrected chi connectivity index (χ4v) is 4.74. The third-order valence-corrected chi connectivity index (χ3v) is 6.51. The van der Waals surface area contributed by atoms with Crippen LogP contribution in [0.4, 0.5) is 0 Å². The minimum Gasteiger partial charge on any atom is -0.493 e. The van der Waals surface area contributed by atoms with Crippen LogP contribution in [0.1, 0.15) is 28.3 Å². The molecule has 0 unspecified atom stereocenters. The molecule has 1 saturated heterocycles. The molecule has 3 N–H and O–H groups in total. The topological polar surface area (TPSA) is 114 Å². The maximum absolute atomic E-state index is 12.8. The van der Waals surface area contributed by atoms with Crippen LogP contribution in [0.25, 0.3) is 0 Å². The first-order chi connectivity index (χ1) is 15.5. The summed E-state index contributed by atoms with van der Waals surface area (Å²) in [5, 5.41) is 23.1. The van der Waals surface area contributed by atoms with Gasteiger partial charge >= 0.3 is 0 Å². The number of ketones is 2. The third kappa shape index (κ3) is 3.53. The molecule has 0 radical (unpaired) electrons. The summed E-state index contributed by atoms with van der Waals surface area (Å²) in [6, 6.07) is 5.43. The van der Waals surface area contributed by atoms with Gasteiger partial charge in [-0.2, -0.15) is 0 Å². The molecule has 0 aliphatic carbocycles. The number of hydrogen-bond acceptors (Lipinski definition) is 8. The lowest BCUT2D eigenvalue weighted by Gasteiger charge is -2.32. The zero-order valence-corrected chi connectivity index (χ0v) is 17.9. The van der Waals surface area contributed by atoms with Crippen molar-refractivity contribution in [1.82, 2.24) is 5.32 Å². The molecule has 5 rings (SSSR count). The molecule has 0 aromatic heterocycles. The second-order valence-electron chi connectivity index (χ2n) is 8.04. The monoisotopic (exact) mass is 459 g/mol. The van der Waals surface area contributed by atoms with E-state index in [1.807, 2.05) is 18.2 Å². The molecule has 9 heteroatoms. The minimum absolute atomic E-state index is 0.418. The maximum atomic E-state index is 12.8. The number of carbonyl (C=O) groups is 2. The van der Waals surface area contributed by atoms with E-state index in [4.69, 9.17) is 25.8 Å². The van der Waals surface area contributed by atoms with Gasteiger partial charge in [-0.1, -0.05) is 17.7 Å². The third-order valence-electron chi connectivity index (χ3n) is 6.04. The number of benzene rings is 2. The van der Waals surface area contributed by atoms with Crippen LogP contribution in [0.15, 0.2) is 24.3 Å². The molecular weight excluding hydrogens is 438 g/mol. The van der Waals surface area contributed by atoms with Crippen molar-refractivity contribution in [2.75, 3.05) is 26.4 Å². The average Bonchev–Trinajstić information content (AvgIpc) is 3.30. The van der Waals surface area contributed by atoms with Gasteiger partial charge in [-0.25, -0.2) is 0 Å². The van der Waals surface area contributed by atoms with Gasteiger partial charge in [0.15, 0.2) is 29.2 Å². The van der Waals surface area contributed by atoms with Crippen molar-refractivity contribution in [3.63, 3.8) is 0 Å². The summed E-state index contributed by atoms with van der Waals surface area (Å²) >= 11 is 6.72. The van der Waals surface area contributed by atoms with Gasteiger partial charge in [0.2, 0.25) is 0 Å². The van der Waals surface area contributed by atoms with Crippen molar-refractivity contribution in [2.45, 2.75) is 31.0 Å². The Hall–Kier alpha value is -2.65. The van der Waals surface area contributed by atoms with Crippen LogP contribution in [-0.2, 0) is 22.4 Å².